The lowest BCUT2D eigenvalue weighted by atomic mass is 10.1. The molecule has 2 aliphatic rings. The van der Waals surface area contributed by atoms with Gasteiger partial charge in [-0.25, -0.2) is 0 Å². The van der Waals surface area contributed by atoms with Crippen molar-refractivity contribution in [2.75, 3.05) is 13.2 Å². The molecule has 2 fully saturated rings. The summed E-state index contributed by atoms with van der Waals surface area (Å²) in [5, 5.41) is 9.11. The number of aliphatic hydroxyl groups excluding tert-OH is 1. The molecule has 1 unspecified atom stereocenters. The van der Waals surface area contributed by atoms with Crippen LogP contribution < -0.4 is 0 Å². The molecule has 1 aliphatic carbocycles. The minimum atomic E-state index is -0.169. The van der Waals surface area contributed by atoms with Crippen LogP contribution in [-0.4, -0.2) is 35.0 Å². The van der Waals surface area contributed by atoms with E-state index in [2.05, 4.69) is 0 Å². The van der Waals surface area contributed by atoms with Crippen LogP contribution in [-0.2, 0) is 9.59 Å². The highest BCUT2D eigenvalue weighted by Gasteiger charge is 2.48. The van der Waals surface area contributed by atoms with Gasteiger partial charge in [-0.1, -0.05) is 6.92 Å². The number of hydrogen-bond acceptors (Lipinski definition) is 3. The zero-order chi connectivity index (χ0) is 10.3. The number of imide groups is 1. The number of aliphatic hydroxyl groups is 1. The Kier molecular flexibility index (Phi) is 2.10. The van der Waals surface area contributed by atoms with Crippen molar-refractivity contribution < 1.29 is 14.7 Å². The number of likely N-dealkylation sites (tertiary alicyclic amines) is 1. The minimum absolute atomic E-state index is 0.0743. The number of rotatable bonds is 3. The van der Waals surface area contributed by atoms with Crippen LogP contribution in [0.2, 0.25) is 0 Å². The first-order valence-electron chi connectivity index (χ1n) is 5.03. The second-order valence-electron chi connectivity index (χ2n) is 4.58. The summed E-state index contributed by atoms with van der Waals surface area (Å²) >= 11 is 0. The van der Waals surface area contributed by atoms with Gasteiger partial charge in [0.15, 0.2) is 0 Å². The molecule has 2 amide bonds. The van der Waals surface area contributed by atoms with Crippen LogP contribution in [0.15, 0.2) is 0 Å². The third-order valence-electron chi connectivity index (χ3n) is 3.26. The molecule has 0 aromatic rings. The monoisotopic (exact) mass is 197 g/mol. The average molecular weight is 197 g/mol. The summed E-state index contributed by atoms with van der Waals surface area (Å²) in [7, 11) is 0. The number of nitrogens with zero attached hydrogens (tertiary/aromatic N) is 1. The van der Waals surface area contributed by atoms with Crippen molar-refractivity contribution in [1.29, 1.82) is 0 Å². The molecule has 78 valence electrons. The van der Waals surface area contributed by atoms with Crippen LogP contribution in [0.1, 0.15) is 26.2 Å². The van der Waals surface area contributed by atoms with E-state index in [1.165, 1.54) is 4.90 Å². The van der Waals surface area contributed by atoms with Gasteiger partial charge in [0.2, 0.25) is 11.8 Å². The van der Waals surface area contributed by atoms with E-state index in [1.807, 2.05) is 0 Å². The van der Waals surface area contributed by atoms with Crippen molar-refractivity contribution >= 4 is 11.8 Å². The predicted octanol–water partition coefficient (Wildman–Crippen LogP) is 0.154. The highest BCUT2D eigenvalue weighted by Crippen LogP contribution is 2.46. The molecule has 14 heavy (non-hydrogen) atoms. The lowest BCUT2D eigenvalue weighted by molar-refractivity contribution is -0.140. The molecule has 4 heteroatoms. The Morgan fingerprint density at radius 3 is 2.50 bits per heavy atom. The Morgan fingerprint density at radius 1 is 1.50 bits per heavy atom. The van der Waals surface area contributed by atoms with E-state index in [4.69, 9.17) is 5.11 Å². The van der Waals surface area contributed by atoms with E-state index in [1.54, 1.807) is 6.92 Å². The third kappa shape index (κ3) is 1.43. The molecular formula is C10H15NO3. The lowest BCUT2D eigenvalue weighted by Gasteiger charge is -2.20. The zero-order valence-corrected chi connectivity index (χ0v) is 8.32. The standard InChI is InChI=1S/C10H15NO3/c1-7-4-8(13)11(9(7)14)5-10(6-12)2-3-10/h7,12H,2-6H2,1H3. The zero-order valence-electron chi connectivity index (χ0n) is 8.32. The fraction of sp³-hybridized carbons (Fsp3) is 0.800. The van der Waals surface area contributed by atoms with Crippen LogP contribution >= 0.6 is 0 Å². The molecule has 1 atom stereocenters. The van der Waals surface area contributed by atoms with Gasteiger partial charge in [0, 0.05) is 24.3 Å². The van der Waals surface area contributed by atoms with Crippen molar-refractivity contribution in [3.63, 3.8) is 0 Å². The number of carbonyl (C=O) groups is 2. The van der Waals surface area contributed by atoms with Crippen molar-refractivity contribution in [2.24, 2.45) is 11.3 Å². The number of amides is 2. The smallest absolute Gasteiger partial charge is 0.232 e. The van der Waals surface area contributed by atoms with E-state index in [0.29, 0.717) is 13.0 Å². The fourth-order valence-electron chi connectivity index (χ4n) is 1.89. The lowest BCUT2D eigenvalue weighted by Crippen LogP contribution is -2.37. The third-order valence-corrected chi connectivity index (χ3v) is 3.26. The van der Waals surface area contributed by atoms with Crippen LogP contribution in [0.5, 0.6) is 0 Å². The average Bonchev–Trinajstić information content (AvgIpc) is 2.88. The Bertz CT molecular complexity index is 283. The highest BCUT2D eigenvalue weighted by atomic mass is 16.3. The fourth-order valence-corrected chi connectivity index (χ4v) is 1.89. The van der Waals surface area contributed by atoms with E-state index >= 15 is 0 Å². The second-order valence-corrected chi connectivity index (χ2v) is 4.58. The summed E-state index contributed by atoms with van der Waals surface area (Å²) in [4.78, 5) is 24.3. The maximum Gasteiger partial charge on any atom is 0.232 e. The molecule has 1 saturated heterocycles. The SMILES string of the molecule is CC1CC(=O)N(CC2(CO)CC2)C1=O. The summed E-state index contributed by atoms with van der Waals surface area (Å²) in [6.45, 7) is 2.28. The highest BCUT2D eigenvalue weighted by molar-refractivity contribution is 6.03. The van der Waals surface area contributed by atoms with E-state index in [9.17, 15) is 9.59 Å². The van der Waals surface area contributed by atoms with Gasteiger partial charge < -0.3 is 5.11 Å². The summed E-state index contributed by atoms with van der Waals surface area (Å²) in [5.74, 6) is -0.325. The van der Waals surface area contributed by atoms with Crippen LogP contribution in [0.4, 0.5) is 0 Å². The molecular weight excluding hydrogens is 182 g/mol. The van der Waals surface area contributed by atoms with Gasteiger partial charge in [-0.15, -0.1) is 0 Å². The first-order chi connectivity index (χ1) is 6.58. The molecule has 1 saturated carbocycles. The Hall–Kier alpha value is -0.900. The van der Waals surface area contributed by atoms with Crippen LogP contribution in [0, 0.1) is 11.3 Å². The molecule has 0 aromatic heterocycles. The van der Waals surface area contributed by atoms with Gasteiger partial charge >= 0.3 is 0 Å². The first kappa shape index (κ1) is 9.65. The largest absolute Gasteiger partial charge is 0.396 e. The van der Waals surface area contributed by atoms with Gasteiger partial charge in [0.1, 0.15) is 0 Å². The van der Waals surface area contributed by atoms with E-state index in [-0.39, 0.29) is 29.8 Å². The van der Waals surface area contributed by atoms with Crippen molar-refractivity contribution in [1.82, 2.24) is 4.90 Å². The maximum atomic E-state index is 11.6. The number of hydrogen-bond donors (Lipinski definition) is 1. The Labute approximate surface area is 82.9 Å². The van der Waals surface area contributed by atoms with E-state index in [0.717, 1.165) is 12.8 Å². The maximum absolute atomic E-state index is 11.6. The summed E-state index contributed by atoms with van der Waals surface area (Å²) in [6, 6.07) is 0. The molecule has 0 aromatic carbocycles. The predicted molar refractivity (Wildman–Crippen MR) is 49.3 cm³/mol. The van der Waals surface area contributed by atoms with Crippen molar-refractivity contribution in [3.8, 4) is 0 Å². The van der Waals surface area contributed by atoms with Gasteiger partial charge in [-0.2, -0.15) is 0 Å². The molecule has 2 rings (SSSR count). The molecule has 1 aliphatic heterocycles. The molecule has 4 nitrogen and oxygen atoms in total. The summed E-state index contributed by atoms with van der Waals surface area (Å²) < 4.78 is 0. The van der Waals surface area contributed by atoms with Gasteiger partial charge in [-0.3, -0.25) is 14.5 Å². The van der Waals surface area contributed by atoms with Crippen LogP contribution in [0.3, 0.4) is 0 Å². The Morgan fingerprint density at radius 2 is 2.14 bits per heavy atom. The van der Waals surface area contributed by atoms with Crippen molar-refractivity contribution in [2.45, 2.75) is 26.2 Å². The van der Waals surface area contributed by atoms with E-state index < -0.39 is 0 Å². The van der Waals surface area contributed by atoms with Gasteiger partial charge in [-0.05, 0) is 12.8 Å². The van der Waals surface area contributed by atoms with Crippen LogP contribution in [0.25, 0.3) is 0 Å². The topological polar surface area (TPSA) is 57.6 Å². The van der Waals surface area contributed by atoms with Gasteiger partial charge in [0.25, 0.3) is 0 Å². The minimum Gasteiger partial charge on any atom is -0.396 e. The normalized spacial score (nSPS) is 29.9. The first-order valence-corrected chi connectivity index (χ1v) is 5.03. The molecule has 0 spiro atoms. The second kappa shape index (κ2) is 3.05. The molecule has 0 radical (unpaired) electrons. The molecule has 1 heterocycles. The number of carbonyl (C=O) groups excluding carboxylic acids is 2. The quantitative estimate of drug-likeness (QED) is 0.655. The summed E-state index contributed by atoms with van der Waals surface area (Å²) in [5.41, 5.74) is -0.157. The van der Waals surface area contributed by atoms with Crippen molar-refractivity contribution in [3.05, 3.63) is 0 Å². The molecule has 1 N–H and O–H groups in total. The Balaban J connectivity index is 2.04. The molecule has 0 bridgehead atoms. The summed E-state index contributed by atoms with van der Waals surface area (Å²) in [6.07, 6.45) is 2.18. The van der Waals surface area contributed by atoms with Gasteiger partial charge in [0.05, 0.1) is 6.61 Å².